The Morgan fingerprint density at radius 2 is 0.719 bits per heavy atom. The molecule has 0 unspecified atom stereocenters. The predicted octanol–water partition coefficient (Wildman–Crippen LogP) is 7.89. The molecule has 4 heteroatoms. The van der Waals surface area contributed by atoms with Gasteiger partial charge in [0.25, 0.3) is 0 Å². The number of Topliss-reactive ketones (excluding diaryl/α,β-unsaturated/α-hetero) is 2. The van der Waals surface area contributed by atoms with Gasteiger partial charge >= 0.3 is 0 Å². The average Bonchev–Trinajstić information content (AvgIpc) is 2.84. The van der Waals surface area contributed by atoms with E-state index in [1.807, 2.05) is 84.9 Å². The number of carbonyl (C=O) groups is 2. The highest BCUT2D eigenvalue weighted by Crippen LogP contribution is 2.33. The summed E-state index contributed by atoms with van der Waals surface area (Å²) in [7, 11) is 0. The van der Waals surface area contributed by atoms with Gasteiger partial charge < -0.3 is 0 Å². The van der Waals surface area contributed by atoms with E-state index in [4.69, 9.17) is 0 Å². The van der Waals surface area contributed by atoms with E-state index in [-0.39, 0.29) is 11.6 Å². The van der Waals surface area contributed by atoms with Gasteiger partial charge in [0.15, 0.2) is 11.6 Å². The number of benzene rings is 4. The number of rotatable bonds is 6. The maximum absolute atomic E-state index is 13.8. The highest BCUT2D eigenvalue weighted by molar-refractivity contribution is 9.10. The minimum Gasteiger partial charge on any atom is -0.289 e. The van der Waals surface area contributed by atoms with Crippen LogP contribution in [0.5, 0.6) is 0 Å². The van der Waals surface area contributed by atoms with Gasteiger partial charge in [-0.05, 0) is 59.7 Å². The van der Waals surface area contributed by atoms with Gasteiger partial charge in [0.2, 0.25) is 0 Å². The predicted molar refractivity (Wildman–Crippen MR) is 137 cm³/mol. The van der Waals surface area contributed by atoms with Crippen LogP contribution in [0.25, 0.3) is 11.1 Å². The van der Waals surface area contributed by atoms with E-state index in [0.29, 0.717) is 33.4 Å². The summed E-state index contributed by atoms with van der Waals surface area (Å²) in [6.07, 6.45) is 0. The molecule has 0 saturated heterocycles. The van der Waals surface area contributed by atoms with Crippen LogP contribution in [0.15, 0.2) is 118 Å². The summed E-state index contributed by atoms with van der Waals surface area (Å²) in [5.74, 6) is -0.402. The summed E-state index contributed by atoms with van der Waals surface area (Å²) in [4.78, 5) is 27.7. The fourth-order valence-electron chi connectivity index (χ4n) is 3.48. The smallest absolute Gasteiger partial charge is 0.194 e. The van der Waals surface area contributed by atoms with Crippen molar-refractivity contribution in [3.8, 4) is 0 Å². The first kappa shape index (κ1) is 22.1. The van der Waals surface area contributed by atoms with E-state index < -0.39 is 0 Å². The van der Waals surface area contributed by atoms with E-state index in [1.165, 1.54) is 0 Å². The lowest BCUT2D eigenvalue weighted by atomic mass is 9.85. The van der Waals surface area contributed by atoms with Gasteiger partial charge in [-0.25, -0.2) is 0 Å². The van der Waals surface area contributed by atoms with E-state index in [9.17, 15) is 9.59 Å². The highest BCUT2D eigenvalue weighted by atomic mass is 79.9. The minimum absolute atomic E-state index is 0.201. The summed E-state index contributed by atoms with van der Waals surface area (Å²) < 4.78 is 1.77. The Morgan fingerprint density at radius 1 is 0.406 bits per heavy atom. The second-order valence-corrected chi connectivity index (χ2v) is 8.99. The SMILES string of the molecule is O=C(C(=C(C(=O)c1ccc(Br)cc1)c1ccccc1)c1ccccc1)c1ccc(Br)cc1. The van der Waals surface area contributed by atoms with E-state index in [0.717, 1.165) is 8.95 Å². The van der Waals surface area contributed by atoms with Crippen LogP contribution in [-0.4, -0.2) is 11.6 Å². The number of hydrogen-bond donors (Lipinski definition) is 0. The molecule has 32 heavy (non-hydrogen) atoms. The molecule has 0 aliphatic heterocycles. The molecule has 0 atom stereocenters. The molecule has 4 rings (SSSR count). The quantitative estimate of drug-likeness (QED) is 0.140. The summed E-state index contributed by atoms with van der Waals surface area (Å²) >= 11 is 6.84. The fraction of sp³-hybridized carbons (Fsp3) is 0. The molecule has 0 bridgehead atoms. The van der Waals surface area contributed by atoms with Crippen LogP contribution in [0.4, 0.5) is 0 Å². The number of allylic oxidation sites excluding steroid dienone is 2. The molecule has 2 nitrogen and oxygen atoms in total. The number of ketones is 2. The first-order chi connectivity index (χ1) is 15.5. The molecule has 0 aromatic heterocycles. The zero-order valence-corrected chi connectivity index (χ0v) is 20.1. The Bertz CT molecular complexity index is 1170. The molecule has 0 saturated carbocycles. The van der Waals surface area contributed by atoms with Crippen molar-refractivity contribution in [3.63, 3.8) is 0 Å². The average molecular weight is 546 g/mol. The first-order valence-corrected chi connectivity index (χ1v) is 11.6. The zero-order valence-electron chi connectivity index (χ0n) is 17.0. The first-order valence-electron chi connectivity index (χ1n) is 10.0. The lowest BCUT2D eigenvalue weighted by Gasteiger charge is -2.16. The zero-order chi connectivity index (χ0) is 22.5. The van der Waals surface area contributed by atoms with E-state index in [1.54, 1.807) is 24.3 Å². The van der Waals surface area contributed by atoms with Gasteiger partial charge in [0, 0.05) is 31.2 Å². The van der Waals surface area contributed by atoms with Crippen LogP contribution in [0.1, 0.15) is 31.8 Å². The third-order valence-electron chi connectivity index (χ3n) is 5.04. The normalized spacial score (nSPS) is 11.6. The molecular formula is C28H18Br2O2. The van der Waals surface area contributed by atoms with Crippen molar-refractivity contribution in [2.24, 2.45) is 0 Å². The second-order valence-electron chi connectivity index (χ2n) is 7.15. The maximum Gasteiger partial charge on any atom is 0.194 e. The Kier molecular flexibility index (Phi) is 6.93. The molecule has 0 fully saturated rings. The van der Waals surface area contributed by atoms with Crippen molar-refractivity contribution >= 4 is 54.6 Å². The van der Waals surface area contributed by atoms with E-state index in [2.05, 4.69) is 31.9 Å². The van der Waals surface area contributed by atoms with Crippen LogP contribution in [-0.2, 0) is 0 Å². The van der Waals surface area contributed by atoms with Gasteiger partial charge in [-0.3, -0.25) is 9.59 Å². The molecule has 0 aliphatic rings. The van der Waals surface area contributed by atoms with Gasteiger partial charge in [-0.1, -0.05) is 92.5 Å². The molecule has 0 amide bonds. The van der Waals surface area contributed by atoms with Crippen LogP contribution in [0.2, 0.25) is 0 Å². The molecule has 0 radical (unpaired) electrons. The van der Waals surface area contributed by atoms with Crippen LogP contribution in [0, 0.1) is 0 Å². The van der Waals surface area contributed by atoms with Crippen molar-refractivity contribution in [1.82, 2.24) is 0 Å². The largest absolute Gasteiger partial charge is 0.289 e. The highest BCUT2D eigenvalue weighted by Gasteiger charge is 2.25. The maximum atomic E-state index is 13.8. The van der Waals surface area contributed by atoms with Crippen LogP contribution >= 0.6 is 31.9 Å². The molecule has 4 aromatic carbocycles. The third-order valence-corrected chi connectivity index (χ3v) is 6.10. The van der Waals surface area contributed by atoms with Gasteiger partial charge in [-0.2, -0.15) is 0 Å². The summed E-state index contributed by atoms with van der Waals surface area (Å²) in [5.41, 5.74) is 3.20. The van der Waals surface area contributed by atoms with Crippen LogP contribution in [0.3, 0.4) is 0 Å². The number of halogens is 2. The molecular weight excluding hydrogens is 528 g/mol. The lowest BCUT2D eigenvalue weighted by molar-refractivity contribution is 0.103. The minimum atomic E-state index is -0.201. The Labute approximate surface area is 203 Å². The molecule has 156 valence electrons. The molecule has 0 N–H and O–H groups in total. The Hall–Kier alpha value is -3.08. The second kappa shape index (κ2) is 10.0. The van der Waals surface area contributed by atoms with Crippen molar-refractivity contribution in [2.45, 2.75) is 0 Å². The summed E-state index contributed by atoms with van der Waals surface area (Å²) in [6, 6.07) is 33.1. The van der Waals surface area contributed by atoms with Crippen molar-refractivity contribution in [1.29, 1.82) is 0 Å². The molecule has 0 heterocycles. The van der Waals surface area contributed by atoms with Crippen molar-refractivity contribution < 1.29 is 9.59 Å². The Morgan fingerprint density at radius 3 is 1.03 bits per heavy atom. The van der Waals surface area contributed by atoms with Gasteiger partial charge in [-0.15, -0.1) is 0 Å². The number of hydrogen-bond acceptors (Lipinski definition) is 2. The number of carbonyl (C=O) groups excluding carboxylic acids is 2. The van der Waals surface area contributed by atoms with Gasteiger partial charge in [0.1, 0.15) is 0 Å². The molecule has 4 aromatic rings. The van der Waals surface area contributed by atoms with E-state index >= 15 is 0 Å². The molecule has 0 spiro atoms. The van der Waals surface area contributed by atoms with Crippen LogP contribution < -0.4 is 0 Å². The van der Waals surface area contributed by atoms with Crippen molar-refractivity contribution in [3.05, 3.63) is 140 Å². The fourth-order valence-corrected chi connectivity index (χ4v) is 4.01. The lowest BCUT2D eigenvalue weighted by Crippen LogP contribution is -2.12. The topological polar surface area (TPSA) is 34.1 Å². The standard InChI is InChI=1S/C28H18Br2O2/c29-23-15-11-21(12-16-23)27(31)25(19-7-3-1-4-8-19)26(20-9-5-2-6-10-20)28(32)22-13-17-24(30)18-14-22/h1-18H. The van der Waals surface area contributed by atoms with Gasteiger partial charge in [0.05, 0.1) is 0 Å². The Balaban J connectivity index is 2.01. The summed E-state index contributed by atoms with van der Waals surface area (Å²) in [5, 5.41) is 0. The summed E-state index contributed by atoms with van der Waals surface area (Å²) in [6.45, 7) is 0. The molecule has 0 aliphatic carbocycles. The monoisotopic (exact) mass is 544 g/mol. The third kappa shape index (κ3) is 4.87. The van der Waals surface area contributed by atoms with Crippen molar-refractivity contribution in [2.75, 3.05) is 0 Å².